The average Bonchev–Trinajstić information content (AvgIpc) is 3.07. The third-order valence-electron chi connectivity index (χ3n) is 4.64. The second kappa shape index (κ2) is 9.62. The first-order chi connectivity index (χ1) is 11.6. The highest BCUT2D eigenvalue weighted by atomic mass is 35.5. The van der Waals surface area contributed by atoms with E-state index in [1.54, 1.807) is 18.2 Å². The Morgan fingerprint density at radius 3 is 3.00 bits per heavy atom. The van der Waals surface area contributed by atoms with Crippen molar-refractivity contribution in [1.82, 2.24) is 5.32 Å². The number of piperidine rings is 1. The Balaban J connectivity index is 0.00000225. The van der Waals surface area contributed by atoms with Gasteiger partial charge in [-0.05, 0) is 57.4 Å². The predicted molar refractivity (Wildman–Crippen MR) is 102 cm³/mol. The highest BCUT2D eigenvalue weighted by molar-refractivity contribution is 6.31. The van der Waals surface area contributed by atoms with Gasteiger partial charge in [0.1, 0.15) is 12.4 Å². The monoisotopic (exact) mass is 388 g/mol. The summed E-state index contributed by atoms with van der Waals surface area (Å²) in [6.07, 6.45) is 3.92. The van der Waals surface area contributed by atoms with E-state index in [2.05, 4.69) is 17.6 Å². The lowest BCUT2D eigenvalue weighted by Crippen LogP contribution is -2.40. The summed E-state index contributed by atoms with van der Waals surface area (Å²) in [5.74, 6) is 0.698. The summed E-state index contributed by atoms with van der Waals surface area (Å²) in [5, 5.41) is 6.94. The molecule has 2 heterocycles. The fourth-order valence-electron chi connectivity index (χ4n) is 3.29. The number of benzene rings is 1. The molecule has 5 nitrogen and oxygen atoms in total. The molecular formula is C18H26Cl2N2O3. The smallest absolute Gasteiger partial charge is 0.227 e. The molecule has 2 fully saturated rings. The second-order valence-corrected chi connectivity index (χ2v) is 7.09. The van der Waals surface area contributed by atoms with E-state index in [1.807, 2.05) is 0 Å². The zero-order chi connectivity index (χ0) is 16.9. The molecule has 2 N–H and O–H groups in total. The molecule has 7 heteroatoms. The number of carbonyl (C=O) groups is 1. The summed E-state index contributed by atoms with van der Waals surface area (Å²) in [6.45, 7) is 4.27. The summed E-state index contributed by atoms with van der Waals surface area (Å²) in [5.41, 5.74) is 0.636. The first kappa shape index (κ1) is 20.3. The molecule has 0 spiro atoms. The normalized spacial score (nSPS) is 25.9. The van der Waals surface area contributed by atoms with Gasteiger partial charge in [-0.2, -0.15) is 0 Å². The Bertz CT molecular complexity index is 579. The zero-order valence-corrected chi connectivity index (χ0v) is 16.0. The van der Waals surface area contributed by atoms with Crippen LogP contribution in [-0.4, -0.2) is 37.8 Å². The molecule has 0 aromatic heterocycles. The Morgan fingerprint density at radius 1 is 1.44 bits per heavy atom. The molecule has 0 bridgehead atoms. The number of halogens is 2. The van der Waals surface area contributed by atoms with Crippen molar-refractivity contribution < 1.29 is 14.3 Å². The van der Waals surface area contributed by atoms with Gasteiger partial charge in [0.15, 0.2) is 0 Å². The van der Waals surface area contributed by atoms with Crippen LogP contribution in [0, 0.1) is 5.92 Å². The summed E-state index contributed by atoms with van der Waals surface area (Å²) in [7, 11) is 0. The summed E-state index contributed by atoms with van der Waals surface area (Å²) >= 11 is 6.09. The quantitative estimate of drug-likeness (QED) is 0.807. The van der Waals surface area contributed by atoms with E-state index in [0.717, 1.165) is 38.8 Å². The van der Waals surface area contributed by atoms with Gasteiger partial charge in [0.25, 0.3) is 0 Å². The van der Waals surface area contributed by atoms with Crippen LogP contribution in [0.25, 0.3) is 0 Å². The number of ether oxygens (including phenoxy) is 2. The highest BCUT2D eigenvalue weighted by Crippen LogP contribution is 2.30. The van der Waals surface area contributed by atoms with Crippen molar-refractivity contribution in [2.24, 2.45) is 5.92 Å². The van der Waals surface area contributed by atoms with Crippen LogP contribution in [0.5, 0.6) is 5.75 Å². The molecule has 1 aromatic rings. The maximum atomic E-state index is 12.6. The number of anilines is 1. The van der Waals surface area contributed by atoms with Crippen LogP contribution in [0.4, 0.5) is 5.69 Å². The van der Waals surface area contributed by atoms with Crippen LogP contribution < -0.4 is 15.4 Å². The van der Waals surface area contributed by atoms with Gasteiger partial charge in [-0.3, -0.25) is 4.79 Å². The standard InChI is InChI=1S/C18H25ClN2O3.ClH/c1-12-9-13(6-7-20-12)18(22)21-16-10-14(19)4-5-17(16)24-11-15-3-2-8-23-15;/h4-5,10,12-13,15,20H,2-3,6-9,11H2,1H3,(H,21,22);1H/t12-,13-,15?;/m0./s1. The third-order valence-corrected chi connectivity index (χ3v) is 4.88. The first-order valence-corrected chi connectivity index (χ1v) is 9.08. The van der Waals surface area contributed by atoms with E-state index in [1.165, 1.54) is 0 Å². The largest absolute Gasteiger partial charge is 0.489 e. The van der Waals surface area contributed by atoms with Crippen molar-refractivity contribution >= 4 is 35.6 Å². The summed E-state index contributed by atoms with van der Waals surface area (Å²) in [6, 6.07) is 5.69. The molecule has 140 valence electrons. The molecular weight excluding hydrogens is 363 g/mol. The van der Waals surface area contributed by atoms with Crippen molar-refractivity contribution in [3.8, 4) is 5.75 Å². The molecule has 3 rings (SSSR count). The van der Waals surface area contributed by atoms with Crippen LogP contribution in [0.3, 0.4) is 0 Å². The second-order valence-electron chi connectivity index (χ2n) is 6.65. The molecule has 2 aliphatic heterocycles. The van der Waals surface area contributed by atoms with Crippen LogP contribution in [0.2, 0.25) is 5.02 Å². The van der Waals surface area contributed by atoms with Crippen LogP contribution in [0.1, 0.15) is 32.6 Å². The van der Waals surface area contributed by atoms with E-state index in [0.29, 0.717) is 29.1 Å². The van der Waals surface area contributed by atoms with Gasteiger partial charge in [-0.25, -0.2) is 0 Å². The number of rotatable bonds is 5. The molecule has 0 aliphatic carbocycles. The SMILES string of the molecule is C[C@H]1C[C@@H](C(=O)Nc2cc(Cl)ccc2OCC2CCCO2)CCN1.Cl. The Morgan fingerprint density at radius 2 is 2.28 bits per heavy atom. The minimum absolute atomic E-state index is 0. The minimum Gasteiger partial charge on any atom is -0.489 e. The number of nitrogens with one attached hydrogen (secondary N) is 2. The average molecular weight is 389 g/mol. The molecule has 0 saturated carbocycles. The summed E-state index contributed by atoms with van der Waals surface area (Å²) < 4.78 is 11.5. The van der Waals surface area contributed by atoms with Crippen molar-refractivity contribution in [1.29, 1.82) is 0 Å². The van der Waals surface area contributed by atoms with Crippen molar-refractivity contribution in [2.45, 2.75) is 44.8 Å². The number of carbonyl (C=O) groups excluding carboxylic acids is 1. The molecule has 0 radical (unpaired) electrons. The van der Waals surface area contributed by atoms with Gasteiger partial charge >= 0.3 is 0 Å². The summed E-state index contributed by atoms with van der Waals surface area (Å²) in [4.78, 5) is 12.6. The van der Waals surface area contributed by atoms with Gasteiger partial charge in [0, 0.05) is 23.6 Å². The lowest BCUT2D eigenvalue weighted by Gasteiger charge is -2.27. The maximum absolute atomic E-state index is 12.6. The van der Waals surface area contributed by atoms with E-state index in [4.69, 9.17) is 21.1 Å². The van der Waals surface area contributed by atoms with Crippen LogP contribution >= 0.6 is 24.0 Å². The highest BCUT2D eigenvalue weighted by Gasteiger charge is 2.25. The van der Waals surface area contributed by atoms with Gasteiger partial charge in [0.05, 0.1) is 11.8 Å². The number of hydrogen-bond acceptors (Lipinski definition) is 4. The molecule has 2 saturated heterocycles. The van der Waals surface area contributed by atoms with Crippen LogP contribution in [-0.2, 0) is 9.53 Å². The lowest BCUT2D eigenvalue weighted by atomic mass is 9.92. The van der Waals surface area contributed by atoms with Gasteiger partial charge in [-0.1, -0.05) is 11.6 Å². The predicted octanol–water partition coefficient (Wildman–Crippen LogP) is 3.65. The van der Waals surface area contributed by atoms with E-state index < -0.39 is 0 Å². The van der Waals surface area contributed by atoms with E-state index in [-0.39, 0.29) is 30.3 Å². The van der Waals surface area contributed by atoms with Crippen molar-refractivity contribution in [3.63, 3.8) is 0 Å². The molecule has 25 heavy (non-hydrogen) atoms. The van der Waals surface area contributed by atoms with Gasteiger partial charge in [0.2, 0.25) is 5.91 Å². The van der Waals surface area contributed by atoms with Crippen molar-refractivity contribution in [2.75, 3.05) is 25.1 Å². The molecule has 1 unspecified atom stereocenters. The fraction of sp³-hybridized carbons (Fsp3) is 0.611. The van der Waals surface area contributed by atoms with Crippen molar-refractivity contribution in [3.05, 3.63) is 23.2 Å². The minimum atomic E-state index is 0. The third kappa shape index (κ3) is 5.74. The number of hydrogen-bond donors (Lipinski definition) is 2. The first-order valence-electron chi connectivity index (χ1n) is 8.70. The number of amides is 1. The molecule has 1 aromatic carbocycles. The van der Waals surface area contributed by atoms with E-state index >= 15 is 0 Å². The van der Waals surface area contributed by atoms with Gasteiger partial charge in [-0.15, -0.1) is 12.4 Å². The Labute approximate surface area is 160 Å². The lowest BCUT2D eigenvalue weighted by molar-refractivity contribution is -0.120. The Kier molecular flexibility index (Phi) is 7.81. The molecule has 3 atom stereocenters. The van der Waals surface area contributed by atoms with Gasteiger partial charge < -0.3 is 20.1 Å². The Hall–Kier alpha value is -1.01. The molecule has 2 aliphatic rings. The fourth-order valence-corrected chi connectivity index (χ4v) is 3.46. The molecule has 1 amide bonds. The maximum Gasteiger partial charge on any atom is 0.227 e. The van der Waals surface area contributed by atoms with Crippen LogP contribution in [0.15, 0.2) is 18.2 Å². The van der Waals surface area contributed by atoms with E-state index in [9.17, 15) is 4.79 Å². The topological polar surface area (TPSA) is 59.6 Å². The zero-order valence-electron chi connectivity index (χ0n) is 14.4.